The van der Waals surface area contributed by atoms with Crippen LogP contribution >= 0.6 is 0 Å². The van der Waals surface area contributed by atoms with Crippen molar-refractivity contribution < 1.29 is 8.42 Å². The van der Waals surface area contributed by atoms with Gasteiger partial charge in [-0.2, -0.15) is 10.5 Å². The van der Waals surface area contributed by atoms with Crippen molar-refractivity contribution in [3.8, 4) is 12.1 Å². The van der Waals surface area contributed by atoms with Crippen LogP contribution in [0, 0.1) is 22.7 Å². The number of sulfone groups is 1. The highest BCUT2D eigenvalue weighted by Crippen LogP contribution is 2.15. The van der Waals surface area contributed by atoms with Crippen LogP contribution in [0.3, 0.4) is 0 Å². The zero-order valence-electron chi connectivity index (χ0n) is 12.2. The van der Waals surface area contributed by atoms with Crippen molar-refractivity contribution in [3.05, 3.63) is 70.4 Å². The molecule has 0 N–H and O–H groups in total. The number of aromatic nitrogens is 1. The van der Waals surface area contributed by atoms with Crippen molar-refractivity contribution in [2.75, 3.05) is 5.75 Å². The minimum Gasteiger partial charge on any atom is -0.265 e. The highest BCUT2D eigenvalue weighted by atomic mass is 32.2. The normalized spacial score (nSPS) is 11.5. The molecule has 1 aromatic heterocycles. The van der Waals surface area contributed by atoms with E-state index >= 15 is 0 Å². The molecule has 2 rings (SSSR count). The van der Waals surface area contributed by atoms with Gasteiger partial charge in [0.15, 0.2) is 9.84 Å². The molecule has 0 bridgehead atoms. The molecular formula is C17H13N3O2S. The molecule has 0 amide bonds. The molecule has 23 heavy (non-hydrogen) atoms. The number of rotatable bonds is 5. The molecule has 0 aliphatic carbocycles. The summed E-state index contributed by atoms with van der Waals surface area (Å²) in [5.74, 6) is -0.158. The van der Waals surface area contributed by atoms with Gasteiger partial charge in [0.25, 0.3) is 0 Å². The van der Waals surface area contributed by atoms with E-state index in [4.69, 9.17) is 5.26 Å². The summed E-state index contributed by atoms with van der Waals surface area (Å²) in [5.41, 5.74) is 1.76. The third-order valence-electron chi connectivity index (χ3n) is 3.17. The predicted octanol–water partition coefficient (Wildman–Crippen LogP) is 2.48. The first-order valence-corrected chi connectivity index (χ1v) is 8.44. The average molecular weight is 323 g/mol. The summed E-state index contributed by atoms with van der Waals surface area (Å²) >= 11 is 0. The summed E-state index contributed by atoms with van der Waals surface area (Å²) in [5, 5.41) is 18.0. The maximum Gasteiger partial charge on any atom is 0.188 e. The number of aryl methyl sites for hydroxylation is 1. The lowest BCUT2D eigenvalue weighted by Crippen LogP contribution is -2.10. The van der Waals surface area contributed by atoms with Crippen molar-refractivity contribution in [3.63, 3.8) is 0 Å². The largest absolute Gasteiger partial charge is 0.265 e. The number of nitrogens with zero attached hydrogens (tertiary/aromatic N) is 3. The van der Waals surface area contributed by atoms with Crippen LogP contribution in [0.25, 0.3) is 6.08 Å². The third kappa shape index (κ3) is 4.50. The second-order valence-corrected chi connectivity index (χ2v) is 6.86. The van der Waals surface area contributed by atoms with Gasteiger partial charge in [0.05, 0.1) is 17.4 Å². The molecular weight excluding hydrogens is 310 g/mol. The predicted molar refractivity (Wildman–Crippen MR) is 86.5 cm³/mol. The van der Waals surface area contributed by atoms with E-state index in [-0.39, 0.29) is 10.7 Å². The molecule has 6 heteroatoms. The first-order chi connectivity index (χ1) is 11.0. The molecule has 5 nitrogen and oxygen atoms in total. The number of hydrogen-bond donors (Lipinski definition) is 0. The maximum absolute atomic E-state index is 12.3. The molecule has 1 heterocycles. The molecule has 0 atom stereocenters. The van der Waals surface area contributed by atoms with Crippen molar-refractivity contribution in [1.82, 2.24) is 4.98 Å². The second-order valence-electron chi connectivity index (χ2n) is 4.78. The zero-order valence-corrected chi connectivity index (χ0v) is 13.0. The number of nitriles is 2. The molecule has 114 valence electrons. The van der Waals surface area contributed by atoms with Crippen molar-refractivity contribution >= 4 is 15.9 Å². The lowest BCUT2D eigenvalue weighted by atomic mass is 10.1. The van der Waals surface area contributed by atoms with Crippen molar-refractivity contribution in [2.45, 2.75) is 6.42 Å². The Balaban J connectivity index is 2.23. The van der Waals surface area contributed by atoms with Crippen LogP contribution in [0.1, 0.15) is 16.7 Å². The fourth-order valence-corrected chi connectivity index (χ4v) is 3.13. The maximum atomic E-state index is 12.3. The Morgan fingerprint density at radius 1 is 1.17 bits per heavy atom. The van der Waals surface area contributed by atoms with Crippen LogP contribution in [-0.2, 0) is 16.3 Å². The van der Waals surface area contributed by atoms with Gasteiger partial charge in [0.2, 0.25) is 0 Å². The monoisotopic (exact) mass is 323 g/mol. The van der Waals surface area contributed by atoms with Gasteiger partial charge in [-0.3, -0.25) is 4.98 Å². The lowest BCUT2D eigenvalue weighted by molar-refractivity contribution is 0.602. The van der Waals surface area contributed by atoms with E-state index in [1.807, 2.05) is 6.07 Å². The molecule has 0 unspecified atom stereocenters. The van der Waals surface area contributed by atoms with Crippen LogP contribution in [-0.4, -0.2) is 19.2 Å². The molecule has 0 saturated carbocycles. The van der Waals surface area contributed by atoms with Gasteiger partial charge in [0.1, 0.15) is 11.0 Å². The molecule has 1 aromatic carbocycles. The fourth-order valence-electron chi connectivity index (χ4n) is 1.95. The Kier molecular flexibility index (Phi) is 5.24. The van der Waals surface area contributed by atoms with E-state index in [9.17, 15) is 13.7 Å². The topological polar surface area (TPSA) is 94.6 Å². The standard InChI is InChI=1S/C17H13N3O2S/c18-12-16-3-1-2-15(10-16)11-17(13-19)23(21,22)9-6-14-4-7-20-8-5-14/h1-5,7-8,10-11H,6,9H2. The fraction of sp³-hybridized carbons (Fsp3) is 0.118. The lowest BCUT2D eigenvalue weighted by Gasteiger charge is -2.03. The van der Waals surface area contributed by atoms with Crippen LogP contribution in [0.15, 0.2) is 53.7 Å². The number of allylic oxidation sites excluding steroid dienone is 1. The minimum absolute atomic E-state index is 0.158. The Morgan fingerprint density at radius 2 is 1.91 bits per heavy atom. The van der Waals surface area contributed by atoms with Crippen LogP contribution in [0.2, 0.25) is 0 Å². The summed E-state index contributed by atoms with van der Waals surface area (Å²) in [4.78, 5) is 3.57. The van der Waals surface area contributed by atoms with Crippen LogP contribution in [0.5, 0.6) is 0 Å². The van der Waals surface area contributed by atoms with E-state index in [1.54, 1.807) is 48.8 Å². The van der Waals surface area contributed by atoms with E-state index in [0.29, 0.717) is 17.5 Å². The van der Waals surface area contributed by atoms with Gasteiger partial charge in [-0.15, -0.1) is 0 Å². The Bertz CT molecular complexity index is 905. The third-order valence-corrected chi connectivity index (χ3v) is 4.79. The number of benzene rings is 1. The summed E-state index contributed by atoms with van der Waals surface area (Å²) in [6.45, 7) is 0. The number of hydrogen-bond acceptors (Lipinski definition) is 5. The van der Waals surface area contributed by atoms with Crippen LogP contribution in [0.4, 0.5) is 0 Å². The zero-order chi connectivity index (χ0) is 16.7. The average Bonchev–Trinajstić information content (AvgIpc) is 2.59. The molecule has 2 aromatic rings. The summed E-state index contributed by atoms with van der Waals surface area (Å²) in [6.07, 6.45) is 4.79. The first-order valence-electron chi connectivity index (χ1n) is 6.79. The van der Waals surface area contributed by atoms with Gasteiger partial charge in [-0.05, 0) is 47.9 Å². The Hall–Kier alpha value is -2.96. The van der Waals surface area contributed by atoms with E-state index in [0.717, 1.165) is 5.56 Å². The summed E-state index contributed by atoms with van der Waals surface area (Å²) in [7, 11) is -3.69. The van der Waals surface area contributed by atoms with Gasteiger partial charge in [-0.25, -0.2) is 8.42 Å². The summed E-state index contributed by atoms with van der Waals surface area (Å²) in [6, 6.07) is 13.6. The molecule has 0 aliphatic heterocycles. The van der Waals surface area contributed by atoms with Gasteiger partial charge in [0, 0.05) is 12.4 Å². The van der Waals surface area contributed by atoms with Crippen LogP contribution < -0.4 is 0 Å². The Labute approximate surface area is 135 Å². The molecule has 0 spiro atoms. The second kappa shape index (κ2) is 7.35. The molecule has 0 radical (unpaired) electrons. The van der Waals surface area contributed by atoms with Crippen molar-refractivity contribution in [1.29, 1.82) is 10.5 Å². The smallest absolute Gasteiger partial charge is 0.188 e. The molecule has 0 saturated heterocycles. The Morgan fingerprint density at radius 3 is 2.57 bits per heavy atom. The first kappa shape index (κ1) is 16.4. The van der Waals surface area contributed by atoms with E-state index in [1.165, 1.54) is 12.1 Å². The molecule has 0 aliphatic rings. The number of pyridine rings is 1. The SMILES string of the molecule is N#CC(=Cc1cccc(C#N)c1)S(=O)(=O)CCc1ccncc1. The highest BCUT2D eigenvalue weighted by Gasteiger charge is 2.17. The van der Waals surface area contributed by atoms with Crippen molar-refractivity contribution in [2.24, 2.45) is 0 Å². The molecule has 0 fully saturated rings. The summed E-state index contributed by atoms with van der Waals surface area (Å²) < 4.78 is 24.6. The van der Waals surface area contributed by atoms with Gasteiger partial charge >= 0.3 is 0 Å². The quantitative estimate of drug-likeness (QED) is 0.788. The van der Waals surface area contributed by atoms with E-state index in [2.05, 4.69) is 4.98 Å². The highest BCUT2D eigenvalue weighted by molar-refractivity contribution is 7.95. The van der Waals surface area contributed by atoms with Gasteiger partial charge in [-0.1, -0.05) is 12.1 Å². The minimum atomic E-state index is -3.69. The van der Waals surface area contributed by atoms with E-state index < -0.39 is 9.84 Å². The van der Waals surface area contributed by atoms with Gasteiger partial charge < -0.3 is 0 Å².